The number of ether oxygens (including phenoxy) is 1. The number of nitrogens with two attached hydrogens (primary N) is 1. The van der Waals surface area contributed by atoms with Gasteiger partial charge in [0.15, 0.2) is 11.5 Å². The second-order valence-corrected chi connectivity index (χ2v) is 8.58. The molecule has 0 saturated carbocycles. The monoisotopic (exact) mass is 466 g/mol. The molecule has 5 rings (SSSR count). The molecule has 2 amide bonds. The first kappa shape index (κ1) is 22.4. The van der Waals surface area contributed by atoms with E-state index in [-0.39, 0.29) is 24.3 Å². The summed E-state index contributed by atoms with van der Waals surface area (Å²) in [5.74, 6) is -0.266. The third kappa shape index (κ3) is 4.28. The summed E-state index contributed by atoms with van der Waals surface area (Å²) in [7, 11) is 0. The van der Waals surface area contributed by atoms with Gasteiger partial charge in [0, 0.05) is 18.5 Å². The third-order valence-corrected chi connectivity index (χ3v) is 6.29. The van der Waals surface area contributed by atoms with Gasteiger partial charge >= 0.3 is 0 Å². The second-order valence-electron chi connectivity index (χ2n) is 8.58. The fraction of sp³-hybridized carbons (Fsp3) is 0.179. The van der Waals surface area contributed by atoms with Crippen LogP contribution in [0.15, 0.2) is 102 Å². The zero-order valence-corrected chi connectivity index (χ0v) is 19.2. The summed E-state index contributed by atoms with van der Waals surface area (Å²) in [6.45, 7) is 1.31. The highest BCUT2D eigenvalue weighted by atomic mass is 16.5. The van der Waals surface area contributed by atoms with Crippen LogP contribution in [0.5, 0.6) is 0 Å². The van der Waals surface area contributed by atoms with Gasteiger partial charge in [0.2, 0.25) is 0 Å². The summed E-state index contributed by atoms with van der Waals surface area (Å²) in [6.07, 6.45) is 2.52. The predicted octanol–water partition coefficient (Wildman–Crippen LogP) is 3.32. The third-order valence-electron chi connectivity index (χ3n) is 6.29. The van der Waals surface area contributed by atoms with Crippen LogP contribution in [-0.2, 0) is 21.6 Å². The number of hydrogen-bond donors (Lipinski definition) is 2. The van der Waals surface area contributed by atoms with E-state index in [1.807, 2.05) is 66.7 Å². The number of rotatable bonds is 7. The maximum atomic E-state index is 13.9. The van der Waals surface area contributed by atoms with E-state index >= 15 is 0 Å². The van der Waals surface area contributed by atoms with E-state index in [2.05, 4.69) is 5.32 Å². The molecule has 0 bridgehead atoms. The van der Waals surface area contributed by atoms with Gasteiger partial charge in [0.25, 0.3) is 11.8 Å². The number of nitrogens with zero attached hydrogens (tertiary/aromatic N) is 2. The normalized spacial score (nSPS) is 16.5. The van der Waals surface area contributed by atoms with Crippen LogP contribution in [-0.4, -0.2) is 35.8 Å². The van der Waals surface area contributed by atoms with Crippen molar-refractivity contribution in [1.82, 2.24) is 10.2 Å². The van der Waals surface area contributed by atoms with E-state index < -0.39 is 5.54 Å². The van der Waals surface area contributed by atoms with Crippen molar-refractivity contribution in [3.05, 3.63) is 119 Å². The lowest BCUT2D eigenvalue weighted by molar-refractivity contribution is -0.130. The lowest BCUT2D eigenvalue weighted by atomic mass is 9.83. The SMILES string of the molecule is NC1=NC(c2ccccc2)(c2ccccc2)C(=O)N1Cc1cccc(C(=O)NCC2=COCC2)c1. The van der Waals surface area contributed by atoms with E-state index in [1.165, 1.54) is 4.90 Å². The highest BCUT2D eigenvalue weighted by molar-refractivity contribution is 6.09. The van der Waals surface area contributed by atoms with Gasteiger partial charge in [-0.3, -0.25) is 14.5 Å². The van der Waals surface area contributed by atoms with Crippen LogP contribution in [0, 0.1) is 0 Å². The second kappa shape index (κ2) is 9.46. The minimum absolute atomic E-state index is 0.144. The molecule has 3 N–H and O–H groups in total. The van der Waals surface area contributed by atoms with Crippen molar-refractivity contribution < 1.29 is 14.3 Å². The number of nitrogens with one attached hydrogen (secondary N) is 1. The lowest BCUT2D eigenvalue weighted by Gasteiger charge is -2.27. The smallest absolute Gasteiger partial charge is 0.266 e. The van der Waals surface area contributed by atoms with Crippen molar-refractivity contribution in [3.63, 3.8) is 0 Å². The molecule has 2 heterocycles. The summed E-state index contributed by atoms with van der Waals surface area (Å²) in [5, 5.41) is 2.92. The number of amides is 2. The van der Waals surface area contributed by atoms with E-state index in [9.17, 15) is 9.59 Å². The standard InChI is InChI=1S/C28H26N4O3/c29-27-31-28(23-10-3-1-4-11-23,24-12-5-2-6-13-24)26(34)32(27)18-20-8-7-9-22(16-20)25(33)30-17-21-14-15-35-19-21/h1-13,16,19H,14-15,17-18H2,(H2,29,31)(H,30,33). The van der Waals surface area contributed by atoms with Crippen molar-refractivity contribution >= 4 is 17.8 Å². The predicted molar refractivity (Wildman–Crippen MR) is 133 cm³/mol. The van der Waals surface area contributed by atoms with Crippen LogP contribution in [0.4, 0.5) is 0 Å². The van der Waals surface area contributed by atoms with Crippen LogP contribution in [0.3, 0.4) is 0 Å². The molecule has 7 heteroatoms. The maximum absolute atomic E-state index is 13.9. The van der Waals surface area contributed by atoms with Crippen LogP contribution in [0.25, 0.3) is 0 Å². The number of carbonyl (C=O) groups is 2. The van der Waals surface area contributed by atoms with Crippen LogP contribution in [0.1, 0.15) is 33.5 Å². The number of hydrogen-bond acceptors (Lipinski definition) is 5. The molecule has 0 spiro atoms. The van der Waals surface area contributed by atoms with Crippen LogP contribution >= 0.6 is 0 Å². The fourth-order valence-electron chi connectivity index (χ4n) is 4.48. The minimum Gasteiger partial charge on any atom is -0.501 e. The zero-order chi connectivity index (χ0) is 24.3. The molecule has 0 aliphatic carbocycles. The molecular formula is C28H26N4O3. The molecule has 2 aliphatic rings. The quantitative estimate of drug-likeness (QED) is 0.558. The van der Waals surface area contributed by atoms with E-state index in [0.717, 1.165) is 28.7 Å². The topological polar surface area (TPSA) is 97.0 Å². The summed E-state index contributed by atoms with van der Waals surface area (Å²) in [5.41, 5.74) is 8.94. The van der Waals surface area contributed by atoms with Crippen molar-refractivity contribution in [1.29, 1.82) is 0 Å². The Bertz CT molecular complexity index is 1260. The Labute approximate surface area is 203 Å². The molecule has 3 aromatic carbocycles. The van der Waals surface area contributed by atoms with Crippen molar-refractivity contribution in [2.24, 2.45) is 10.7 Å². The molecule has 3 aromatic rings. The molecular weight excluding hydrogens is 440 g/mol. The summed E-state index contributed by atoms with van der Waals surface area (Å²) in [6, 6.07) is 26.1. The van der Waals surface area contributed by atoms with E-state index in [4.69, 9.17) is 15.5 Å². The molecule has 2 aliphatic heterocycles. The van der Waals surface area contributed by atoms with Gasteiger partial charge in [0.05, 0.1) is 19.4 Å². The fourth-order valence-corrected chi connectivity index (χ4v) is 4.48. The summed E-state index contributed by atoms with van der Waals surface area (Å²) >= 11 is 0. The average Bonchev–Trinajstić information content (AvgIpc) is 3.51. The Morgan fingerprint density at radius 2 is 1.69 bits per heavy atom. The molecule has 7 nitrogen and oxygen atoms in total. The Morgan fingerprint density at radius 1 is 1.00 bits per heavy atom. The molecule has 0 unspecified atom stereocenters. The maximum Gasteiger partial charge on any atom is 0.266 e. The zero-order valence-electron chi connectivity index (χ0n) is 19.2. The Kier molecular flexibility index (Phi) is 6.06. The van der Waals surface area contributed by atoms with Gasteiger partial charge < -0.3 is 15.8 Å². The van der Waals surface area contributed by atoms with Crippen molar-refractivity contribution in [2.75, 3.05) is 13.2 Å². The number of aliphatic imine (C=N–C) groups is 1. The molecule has 0 saturated heterocycles. The molecule has 35 heavy (non-hydrogen) atoms. The Balaban J connectivity index is 1.40. The summed E-state index contributed by atoms with van der Waals surface area (Å²) in [4.78, 5) is 32.8. The first-order valence-electron chi connectivity index (χ1n) is 11.5. The van der Waals surface area contributed by atoms with Crippen molar-refractivity contribution in [3.8, 4) is 0 Å². The highest BCUT2D eigenvalue weighted by Gasteiger charge is 2.50. The van der Waals surface area contributed by atoms with Gasteiger partial charge in [-0.05, 0) is 34.4 Å². The van der Waals surface area contributed by atoms with E-state index in [1.54, 1.807) is 24.5 Å². The molecule has 0 radical (unpaired) electrons. The first-order valence-corrected chi connectivity index (χ1v) is 11.5. The largest absolute Gasteiger partial charge is 0.501 e. The van der Waals surface area contributed by atoms with Gasteiger partial charge in [-0.1, -0.05) is 72.8 Å². The average molecular weight is 467 g/mol. The first-order chi connectivity index (χ1) is 17.1. The summed E-state index contributed by atoms with van der Waals surface area (Å²) < 4.78 is 5.22. The van der Waals surface area contributed by atoms with Gasteiger partial charge in [-0.15, -0.1) is 0 Å². The number of guanidine groups is 1. The van der Waals surface area contributed by atoms with Gasteiger partial charge in [0.1, 0.15) is 0 Å². The number of benzene rings is 3. The Hall–Kier alpha value is -4.39. The molecule has 0 fully saturated rings. The molecule has 0 atom stereocenters. The van der Waals surface area contributed by atoms with Gasteiger partial charge in [-0.25, -0.2) is 4.99 Å². The van der Waals surface area contributed by atoms with Crippen LogP contribution < -0.4 is 11.1 Å². The highest BCUT2D eigenvalue weighted by Crippen LogP contribution is 2.39. The van der Waals surface area contributed by atoms with Gasteiger partial charge in [-0.2, -0.15) is 0 Å². The minimum atomic E-state index is -1.25. The van der Waals surface area contributed by atoms with Crippen molar-refractivity contribution in [2.45, 2.75) is 18.5 Å². The Morgan fingerprint density at radius 3 is 2.31 bits per heavy atom. The molecule has 176 valence electrons. The van der Waals surface area contributed by atoms with E-state index in [0.29, 0.717) is 18.7 Å². The number of carbonyl (C=O) groups excluding carboxylic acids is 2. The molecule has 0 aromatic heterocycles. The van der Waals surface area contributed by atoms with Crippen LogP contribution in [0.2, 0.25) is 0 Å². The lowest BCUT2D eigenvalue weighted by Crippen LogP contribution is -2.43.